The minimum absolute atomic E-state index is 0.116. The first kappa shape index (κ1) is 19.9. The van der Waals surface area contributed by atoms with Gasteiger partial charge in [-0.2, -0.15) is 8.78 Å². The maximum Gasteiger partial charge on any atom is 0.387 e. The first-order valence-electron chi connectivity index (χ1n) is 9.22. The number of nitrogens with zero attached hydrogens (tertiary/aromatic N) is 1. The molecule has 0 saturated heterocycles. The molecule has 2 unspecified atom stereocenters. The smallest absolute Gasteiger partial charge is 0.387 e. The van der Waals surface area contributed by atoms with E-state index in [0.29, 0.717) is 29.1 Å². The van der Waals surface area contributed by atoms with E-state index in [1.165, 1.54) is 18.7 Å². The van der Waals surface area contributed by atoms with Crippen molar-refractivity contribution in [3.63, 3.8) is 0 Å². The Morgan fingerprint density at radius 3 is 2.64 bits per heavy atom. The molecule has 0 bridgehead atoms. The third-order valence-electron chi connectivity index (χ3n) is 4.84. The minimum Gasteiger partial charge on any atom is -0.497 e. The molecule has 1 aliphatic rings. The molecule has 5 nitrogen and oxygen atoms in total. The molecule has 2 N–H and O–H groups in total. The van der Waals surface area contributed by atoms with Gasteiger partial charge in [0.05, 0.1) is 7.11 Å². The van der Waals surface area contributed by atoms with Crippen molar-refractivity contribution in [2.24, 2.45) is 10.9 Å². The first-order valence-corrected chi connectivity index (χ1v) is 9.22. The molecule has 1 saturated carbocycles. The Labute approximate surface area is 163 Å². The average molecular weight is 389 g/mol. The molecule has 7 heteroatoms. The molecule has 0 aromatic heterocycles. The number of guanidine groups is 1. The predicted octanol–water partition coefficient (Wildman–Crippen LogP) is 3.77. The fraction of sp³-hybridized carbons (Fsp3) is 0.381. The van der Waals surface area contributed by atoms with Crippen LogP contribution in [0.1, 0.15) is 23.5 Å². The lowest BCUT2D eigenvalue weighted by molar-refractivity contribution is -0.0504. The van der Waals surface area contributed by atoms with Gasteiger partial charge in [0.25, 0.3) is 0 Å². The van der Waals surface area contributed by atoms with Gasteiger partial charge < -0.3 is 20.1 Å². The molecule has 28 heavy (non-hydrogen) atoms. The van der Waals surface area contributed by atoms with Crippen molar-refractivity contribution >= 4 is 5.96 Å². The van der Waals surface area contributed by atoms with Gasteiger partial charge in [-0.15, -0.1) is 0 Å². The largest absolute Gasteiger partial charge is 0.497 e. The van der Waals surface area contributed by atoms with Crippen molar-refractivity contribution in [2.45, 2.75) is 25.5 Å². The van der Waals surface area contributed by atoms with Crippen molar-refractivity contribution < 1.29 is 18.3 Å². The van der Waals surface area contributed by atoms with Crippen LogP contribution in [0.5, 0.6) is 11.5 Å². The zero-order chi connectivity index (χ0) is 19.9. The highest BCUT2D eigenvalue weighted by Gasteiger charge is 2.37. The molecule has 0 heterocycles. The molecular formula is C21H25F2N3O2. The molecular weight excluding hydrogens is 364 g/mol. The van der Waals surface area contributed by atoms with Crippen molar-refractivity contribution in [2.75, 3.05) is 20.7 Å². The van der Waals surface area contributed by atoms with Crippen LogP contribution >= 0.6 is 0 Å². The van der Waals surface area contributed by atoms with Crippen molar-refractivity contribution in [3.05, 3.63) is 59.7 Å². The molecule has 2 aromatic rings. The van der Waals surface area contributed by atoms with Gasteiger partial charge in [-0.25, -0.2) is 0 Å². The summed E-state index contributed by atoms with van der Waals surface area (Å²) in [7, 11) is 3.21. The fourth-order valence-electron chi connectivity index (χ4n) is 3.24. The third-order valence-corrected chi connectivity index (χ3v) is 4.84. The van der Waals surface area contributed by atoms with Crippen LogP contribution in [0, 0.1) is 5.92 Å². The highest BCUT2D eigenvalue weighted by Crippen LogP contribution is 2.46. The van der Waals surface area contributed by atoms with Gasteiger partial charge in [0.1, 0.15) is 11.5 Å². The van der Waals surface area contributed by atoms with Crippen LogP contribution < -0.4 is 20.1 Å². The van der Waals surface area contributed by atoms with E-state index in [1.807, 2.05) is 6.07 Å². The number of hydrogen-bond donors (Lipinski definition) is 2. The van der Waals surface area contributed by atoms with Gasteiger partial charge in [0.2, 0.25) is 0 Å². The van der Waals surface area contributed by atoms with E-state index in [4.69, 9.17) is 4.74 Å². The fourth-order valence-corrected chi connectivity index (χ4v) is 3.24. The Bertz CT molecular complexity index is 799. The van der Waals surface area contributed by atoms with Crippen LogP contribution in [0.15, 0.2) is 53.5 Å². The van der Waals surface area contributed by atoms with Crippen LogP contribution in [-0.2, 0) is 6.54 Å². The van der Waals surface area contributed by atoms with Gasteiger partial charge in [0, 0.05) is 25.7 Å². The molecule has 0 radical (unpaired) electrons. The van der Waals surface area contributed by atoms with E-state index in [0.717, 1.165) is 13.0 Å². The van der Waals surface area contributed by atoms with Crippen LogP contribution in [0.25, 0.3) is 0 Å². The zero-order valence-electron chi connectivity index (χ0n) is 16.0. The molecule has 2 atom stereocenters. The Kier molecular flexibility index (Phi) is 6.68. The second kappa shape index (κ2) is 9.39. The third kappa shape index (κ3) is 5.34. The predicted molar refractivity (Wildman–Crippen MR) is 105 cm³/mol. The lowest BCUT2D eigenvalue weighted by atomic mass is 10.1. The quantitative estimate of drug-likeness (QED) is 0.533. The summed E-state index contributed by atoms with van der Waals surface area (Å²) in [5, 5.41) is 6.46. The van der Waals surface area contributed by atoms with E-state index < -0.39 is 6.61 Å². The summed E-state index contributed by atoms with van der Waals surface area (Å²) in [4.78, 5) is 4.21. The molecule has 0 amide bonds. The number of halogens is 2. The second-order valence-electron chi connectivity index (χ2n) is 6.67. The van der Waals surface area contributed by atoms with Crippen LogP contribution in [-0.4, -0.2) is 33.3 Å². The van der Waals surface area contributed by atoms with Gasteiger partial charge in [-0.3, -0.25) is 4.99 Å². The lowest BCUT2D eigenvalue weighted by Gasteiger charge is -2.15. The Balaban J connectivity index is 1.53. The van der Waals surface area contributed by atoms with Gasteiger partial charge in [0.15, 0.2) is 5.96 Å². The molecule has 1 fully saturated rings. The van der Waals surface area contributed by atoms with Gasteiger partial charge in [-0.1, -0.05) is 30.3 Å². The maximum absolute atomic E-state index is 12.6. The second-order valence-corrected chi connectivity index (χ2v) is 6.67. The first-order chi connectivity index (χ1) is 13.6. The molecule has 150 valence electrons. The molecule has 3 rings (SSSR count). The number of aliphatic imine (C=N–C) groups is 1. The van der Waals surface area contributed by atoms with Crippen LogP contribution in [0.2, 0.25) is 0 Å². The van der Waals surface area contributed by atoms with Crippen molar-refractivity contribution in [1.82, 2.24) is 10.6 Å². The van der Waals surface area contributed by atoms with Gasteiger partial charge in [-0.05, 0) is 42.0 Å². The number of ether oxygens (including phenoxy) is 2. The summed E-state index contributed by atoms with van der Waals surface area (Å²) in [6.07, 6.45) is 1.15. The maximum atomic E-state index is 12.6. The summed E-state index contributed by atoms with van der Waals surface area (Å²) in [6, 6.07) is 15.2. The average Bonchev–Trinajstić information content (AvgIpc) is 3.49. The van der Waals surface area contributed by atoms with Crippen molar-refractivity contribution in [3.8, 4) is 11.5 Å². The van der Waals surface area contributed by atoms with Crippen LogP contribution in [0.3, 0.4) is 0 Å². The SMILES string of the molecule is CN=C(NCc1cc(OC)ccc1OC(F)F)NCC1CC1c1ccccc1. The Morgan fingerprint density at radius 2 is 1.96 bits per heavy atom. The van der Waals surface area contributed by atoms with Gasteiger partial charge >= 0.3 is 6.61 Å². The summed E-state index contributed by atoms with van der Waals surface area (Å²) in [5.74, 6) is 2.45. The molecule has 0 aliphatic heterocycles. The van der Waals surface area contributed by atoms with Crippen molar-refractivity contribution in [1.29, 1.82) is 0 Å². The number of benzene rings is 2. The van der Waals surface area contributed by atoms with E-state index >= 15 is 0 Å². The van der Waals surface area contributed by atoms with E-state index in [-0.39, 0.29) is 12.3 Å². The lowest BCUT2D eigenvalue weighted by Crippen LogP contribution is -2.38. The van der Waals surface area contributed by atoms with E-state index in [9.17, 15) is 8.78 Å². The summed E-state index contributed by atoms with van der Waals surface area (Å²) in [6.45, 7) is -1.79. The standard InChI is InChI=1S/C21H25F2N3O2/c1-24-21(25-12-15-11-18(15)14-6-4-3-5-7-14)26-13-16-10-17(27-2)8-9-19(16)28-20(22)23/h3-10,15,18,20H,11-13H2,1-2H3,(H2,24,25,26). The summed E-state index contributed by atoms with van der Waals surface area (Å²) < 4.78 is 35.0. The Hall–Kier alpha value is -2.83. The van der Waals surface area contributed by atoms with E-state index in [1.54, 1.807) is 19.2 Å². The molecule has 1 aliphatic carbocycles. The van der Waals surface area contributed by atoms with E-state index in [2.05, 4.69) is 44.6 Å². The topological polar surface area (TPSA) is 54.9 Å². The monoisotopic (exact) mass is 389 g/mol. The highest BCUT2D eigenvalue weighted by molar-refractivity contribution is 5.79. The highest BCUT2D eigenvalue weighted by atomic mass is 19.3. The zero-order valence-corrected chi connectivity index (χ0v) is 16.0. The Morgan fingerprint density at radius 1 is 1.18 bits per heavy atom. The number of hydrogen-bond acceptors (Lipinski definition) is 3. The summed E-state index contributed by atoms with van der Waals surface area (Å²) in [5.41, 5.74) is 1.93. The number of alkyl halides is 2. The molecule has 2 aromatic carbocycles. The minimum atomic E-state index is -2.88. The number of nitrogens with one attached hydrogen (secondary N) is 2. The molecule has 0 spiro atoms. The number of rotatable bonds is 8. The normalized spacial score (nSPS) is 18.7. The number of methoxy groups -OCH3 is 1. The van der Waals surface area contributed by atoms with Crippen LogP contribution in [0.4, 0.5) is 8.78 Å². The summed E-state index contributed by atoms with van der Waals surface area (Å²) >= 11 is 0.